The molecule has 0 spiro atoms. The highest BCUT2D eigenvalue weighted by atomic mass is 16.3. The molecule has 11 nitrogen and oxygen atoms in total. The Bertz CT molecular complexity index is 1530. The number of nitrogens with two attached hydrogens (primary N) is 1. The molecule has 0 saturated carbocycles. The molecule has 1 saturated heterocycles. The SMILES string of the molecule is CC(C(=O)CCCN1CCNCC1)(c1ccccc1)n1ncc2c1nc(N)n1nc(-c3ccco3)nc21. The van der Waals surface area contributed by atoms with Crippen molar-refractivity contribution < 1.29 is 9.21 Å². The van der Waals surface area contributed by atoms with Gasteiger partial charge < -0.3 is 20.4 Å². The first-order valence-electron chi connectivity index (χ1n) is 12.5. The van der Waals surface area contributed by atoms with Gasteiger partial charge in [0.05, 0.1) is 17.8 Å². The molecule has 1 aliphatic rings. The van der Waals surface area contributed by atoms with Gasteiger partial charge in [0.2, 0.25) is 11.8 Å². The fourth-order valence-electron chi connectivity index (χ4n) is 5.05. The Hall–Kier alpha value is -4.09. The number of ketones is 1. The number of carbonyl (C=O) groups excluding carboxylic acids is 1. The lowest BCUT2D eigenvalue weighted by molar-refractivity contribution is -0.125. The van der Waals surface area contributed by atoms with Crippen LogP contribution in [0.2, 0.25) is 0 Å². The van der Waals surface area contributed by atoms with Gasteiger partial charge in [0.15, 0.2) is 22.8 Å². The lowest BCUT2D eigenvalue weighted by Gasteiger charge is -2.31. The van der Waals surface area contributed by atoms with Crippen LogP contribution in [-0.4, -0.2) is 72.8 Å². The molecule has 5 aromatic rings. The maximum absolute atomic E-state index is 14.0. The number of benzene rings is 1. The lowest BCUT2D eigenvalue weighted by Crippen LogP contribution is -2.44. The Morgan fingerprint density at radius 1 is 1.11 bits per heavy atom. The summed E-state index contributed by atoms with van der Waals surface area (Å²) in [6.07, 6.45) is 4.43. The Labute approximate surface area is 213 Å². The zero-order valence-electron chi connectivity index (χ0n) is 20.7. The summed E-state index contributed by atoms with van der Waals surface area (Å²) in [5, 5.41) is 13.2. The average molecular weight is 500 g/mol. The third-order valence-corrected chi connectivity index (χ3v) is 7.16. The first-order valence-corrected chi connectivity index (χ1v) is 12.5. The normalized spacial score (nSPS) is 16.4. The molecule has 11 heteroatoms. The number of hydrogen-bond acceptors (Lipinski definition) is 9. The Morgan fingerprint density at radius 2 is 1.92 bits per heavy atom. The molecule has 0 aliphatic carbocycles. The molecule has 3 N–H and O–H groups in total. The number of nitrogens with zero attached hydrogens (tertiary/aromatic N) is 7. The summed E-state index contributed by atoms with van der Waals surface area (Å²) in [4.78, 5) is 25.6. The largest absolute Gasteiger partial charge is 0.461 e. The van der Waals surface area contributed by atoms with E-state index in [2.05, 4.69) is 30.4 Å². The lowest BCUT2D eigenvalue weighted by atomic mass is 9.85. The van der Waals surface area contributed by atoms with Gasteiger partial charge in [0, 0.05) is 32.6 Å². The number of aromatic nitrogens is 6. The molecule has 1 unspecified atom stereocenters. The Balaban J connectivity index is 1.40. The van der Waals surface area contributed by atoms with Gasteiger partial charge in [-0.05, 0) is 37.6 Å². The number of furan rings is 1. The summed E-state index contributed by atoms with van der Waals surface area (Å²) in [5.41, 5.74) is 7.06. The molecular weight excluding hydrogens is 470 g/mol. The quantitative estimate of drug-likeness (QED) is 0.330. The summed E-state index contributed by atoms with van der Waals surface area (Å²) < 4.78 is 8.62. The van der Waals surface area contributed by atoms with Crippen LogP contribution in [0.15, 0.2) is 59.3 Å². The van der Waals surface area contributed by atoms with Crippen molar-refractivity contribution in [2.24, 2.45) is 0 Å². The van der Waals surface area contributed by atoms with Crippen LogP contribution in [0.25, 0.3) is 28.3 Å². The predicted octanol–water partition coefficient (Wildman–Crippen LogP) is 2.33. The number of carbonyl (C=O) groups is 1. The summed E-state index contributed by atoms with van der Waals surface area (Å²) in [5.74, 6) is 1.14. The number of Topliss-reactive ketones (excluding diaryl/α,β-unsaturated/α-hetero) is 1. The topological polar surface area (TPSA) is 132 Å². The van der Waals surface area contributed by atoms with Crippen molar-refractivity contribution in [1.29, 1.82) is 0 Å². The monoisotopic (exact) mass is 499 g/mol. The number of fused-ring (bicyclic) bond motifs is 3. The van der Waals surface area contributed by atoms with Crippen molar-refractivity contribution in [3.63, 3.8) is 0 Å². The van der Waals surface area contributed by atoms with Gasteiger partial charge in [-0.2, -0.15) is 14.6 Å². The van der Waals surface area contributed by atoms with E-state index in [4.69, 9.17) is 10.2 Å². The van der Waals surface area contributed by atoms with Crippen molar-refractivity contribution in [3.8, 4) is 11.6 Å². The minimum absolute atomic E-state index is 0.0665. The van der Waals surface area contributed by atoms with Crippen molar-refractivity contribution in [2.45, 2.75) is 25.3 Å². The minimum atomic E-state index is -1.08. The first kappa shape index (κ1) is 23.3. The fraction of sp³-hybridized carbons (Fsp3) is 0.346. The van der Waals surface area contributed by atoms with E-state index in [0.29, 0.717) is 34.7 Å². The van der Waals surface area contributed by atoms with Crippen LogP contribution in [0, 0.1) is 0 Å². The molecule has 5 heterocycles. The zero-order chi connectivity index (χ0) is 25.4. The number of nitrogens with one attached hydrogen (secondary N) is 1. The molecule has 0 bridgehead atoms. The van der Waals surface area contributed by atoms with Crippen molar-refractivity contribution in [1.82, 2.24) is 39.6 Å². The summed E-state index contributed by atoms with van der Waals surface area (Å²) in [7, 11) is 0. The van der Waals surface area contributed by atoms with E-state index in [-0.39, 0.29) is 11.7 Å². The average Bonchev–Trinajstić information content (AvgIpc) is 3.69. The van der Waals surface area contributed by atoms with Gasteiger partial charge in [-0.3, -0.25) is 4.79 Å². The fourth-order valence-corrected chi connectivity index (χ4v) is 5.05. The summed E-state index contributed by atoms with van der Waals surface area (Å²) in [6, 6.07) is 13.3. The number of piperazine rings is 1. The van der Waals surface area contributed by atoms with E-state index < -0.39 is 5.54 Å². The van der Waals surface area contributed by atoms with Crippen LogP contribution in [0.4, 0.5) is 5.95 Å². The molecule has 0 radical (unpaired) electrons. The third kappa shape index (κ3) is 4.05. The molecule has 4 aromatic heterocycles. The van der Waals surface area contributed by atoms with Crippen LogP contribution >= 0.6 is 0 Å². The van der Waals surface area contributed by atoms with Gasteiger partial charge in [0.1, 0.15) is 5.54 Å². The molecule has 1 atom stereocenters. The van der Waals surface area contributed by atoms with Crippen LogP contribution in [-0.2, 0) is 10.3 Å². The molecule has 190 valence electrons. The molecule has 6 rings (SSSR count). The van der Waals surface area contributed by atoms with E-state index in [1.54, 1.807) is 29.3 Å². The number of anilines is 1. The second kappa shape index (κ2) is 9.41. The zero-order valence-corrected chi connectivity index (χ0v) is 20.7. The Kier molecular flexibility index (Phi) is 5.93. The maximum atomic E-state index is 14.0. The molecule has 37 heavy (non-hydrogen) atoms. The highest BCUT2D eigenvalue weighted by molar-refractivity contribution is 5.95. The van der Waals surface area contributed by atoms with Crippen molar-refractivity contribution in [2.75, 3.05) is 38.5 Å². The van der Waals surface area contributed by atoms with Gasteiger partial charge in [-0.1, -0.05) is 30.3 Å². The Morgan fingerprint density at radius 3 is 2.68 bits per heavy atom. The van der Waals surface area contributed by atoms with Gasteiger partial charge in [-0.25, -0.2) is 9.67 Å². The van der Waals surface area contributed by atoms with Crippen LogP contribution in [0.5, 0.6) is 0 Å². The summed E-state index contributed by atoms with van der Waals surface area (Å²) in [6.45, 7) is 6.78. The molecular formula is C26H29N9O2. The van der Waals surface area contributed by atoms with Crippen molar-refractivity contribution >= 4 is 28.4 Å². The highest BCUT2D eigenvalue weighted by Crippen LogP contribution is 2.33. The molecule has 1 aliphatic heterocycles. The van der Waals surface area contributed by atoms with E-state index in [1.807, 2.05) is 37.3 Å². The van der Waals surface area contributed by atoms with E-state index in [9.17, 15) is 4.79 Å². The van der Waals surface area contributed by atoms with Gasteiger partial charge >= 0.3 is 0 Å². The second-order valence-corrected chi connectivity index (χ2v) is 9.47. The number of nitrogen functional groups attached to an aromatic ring is 1. The van der Waals surface area contributed by atoms with Gasteiger partial charge in [-0.15, -0.1) is 5.10 Å². The van der Waals surface area contributed by atoms with Crippen LogP contribution in [0.1, 0.15) is 25.3 Å². The first-order chi connectivity index (χ1) is 18.1. The predicted molar refractivity (Wildman–Crippen MR) is 139 cm³/mol. The smallest absolute Gasteiger partial charge is 0.225 e. The third-order valence-electron chi connectivity index (χ3n) is 7.16. The standard InChI is InChI=1S/C26H29N9O2/c1-26(18-7-3-2-4-8-18,21(36)10-5-13-33-14-11-28-12-15-33)35-24-19(17-29-35)23-30-22(20-9-6-16-37-20)32-34(23)25(27)31-24/h2-4,6-9,16-17,28H,5,10-15H2,1H3,(H2,27,31). The van der Waals surface area contributed by atoms with Crippen LogP contribution < -0.4 is 11.1 Å². The minimum Gasteiger partial charge on any atom is -0.461 e. The van der Waals surface area contributed by atoms with E-state index >= 15 is 0 Å². The molecule has 1 fully saturated rings. The summed E-state index contributed by atoms with van der Waals surface area (Å²) >= 11 is 0. The van der Waals surface area contributed by atoms with Crippen molar-refractivity contribution in [3.05, 3.63) is 60.5 Å². The number of rotatable bonds is 8. The maximum Gasteiger partial charge on any atom is 0.225 e. The number of hydrogen-bond donors (Lipinski definition) is 2. The second-order valence-electron chi connectivity index (χ2n) is 9.47. The van der Waals surface area contributed by atoms with Gasteiger partial charge in [0.25, 0.3) is 0 Å². The highest BCUT2D eigenvalue weighted by Gasteiger charge is 2.39. The van der Waals surface area contributed by atoms with E-state index in [0.717, 1.165) is 44.7 Å². The molecule has 1 aromatic carbocycles. The van der Waals surface area contributed by atoms with E-state index in [1.165, 1.54) is 4.52 Å². The molecule has 0 amide bonds. The van der Waals surface area contributed by atoms with Crippen LogP contribution in [0.3, 0.4) is 0 Å².